The third-order valence-corrected chi connectivity index (χ3v) is 4.67. The molecule has 2 aromatic carbocycles. The summed E-state index contributed by atoms with van der Waals surface area (Å²) in [6, 6.07) is 9.87. The number of carbonyl (C=O) groups is 3. The Morgan fingerprint density at radius 2 is 1.58 bits per heavy atom. The van der Waals surface area contributed by atoms with Crippen molar-refractivity contribution in [3.05, 3.63) is 59.2 Å². The SMILES string of the molecule is CS(=O)(=O)c1ccc(C(=O)Nc2ccc3c(c2)C(=O)NC3=O)cc1. The molecule has 0 saturated carbocycles. The highest BCUT2D eigenvalue weighted by Gasteiger charge is 2.26. The first-order valence-electron chi connectivity index (χ1n) is 6.87. The molecule has 7 nitrogen and oxygen atoms in total. The number of nitrogens with one attached hydrogen (secondary N) is 2. The first-order valence-corrected chi connectivity index (χ1v) is 8.76. The molecular formula is C16H12N2O5S. The number of amides is 3. The number of fused-ring (bicyclic) bond motifs is 1. The van der Waals surface area contributed by atoms with Crippen LogP contribution in [-0.4, -0.2) is 32.4 Å². The topological polar surface area (TPSA) is 109 Å². The molecule has 0 aliphatic carbocycles. The Morgan fingerprint density at radius 3 is 2.21 bits per heavy atom. The Morgan fingerprint density at radius 1 is 0.958 bits per heavy atom. The summed E-state index contributed by atoms with van der Waals surface area (Å²) in [4.78, 5) is 35.4. The molecule has 0 spiro atoms. The van der Waals surface area contributed by atoms with Crippen molar-refractivity contribution in [2.45, 2.75) is 4.90 Å². The van der Waals surface area contributed by atoms with E-state index >= 15 is 0 Å². The van der Waals surface area contributed by atoms with Crippen LogP contribution in [0.1, 0.15) is 31.1 Å². The number of benzene rings is 2. The van der Waals surface area contributed by atoms with Crippen LogP contribution in [0.3, 0.4) is 0 Å². The summed E-state index contributed by atoms with van der Waals surface area (Å²) >= 11 is 0. The number of imide groups is 1. The van der Waals surface area contributed by atoms with Gasteiger partial charge in [0.15, 0.2) is 9.84 Å². The summed E-state index contributed by atoms with van der Waals surface area (Å²) in [5.74, 6) is -1.44. The first-order chi connectivity index (χ1) is 11.3. The number of hydrogen-bond acceptors (Lipinski definition) is 5. The van der Waals surface area contributed by atoms with Crippen molar-refractivity contribution in [3.63, 3.8) is 0 Å². The van der Waals surface area contributed by atoms with E-state index in [1.165, 1.54) is 42.5 Å². The minimum absolute atomic E-state index is 0.117. The molecule has 1 aliphatic heterocycles. The summed E-state index contributed by atoms with van der Waals surface area (Å²) in [5.41, 5.74) is 1.08. The van der Waals surface area contributed by atoms with Crippen LogP contribution in [0.5, 0.6) is 0 Å². The van der Waals surface area contributed by atoms with Crippen LogP contribution in [-0.2, 0) is 9.84 Å². The van der Waals surface area contributed by atoms with E-state index in [0.29, 0.717) is 5.69 Å². The van der Waals surface area contributed by atoms with Gasteiger partial charge in [0.25, 0.3) is 17.7 Å². The second kappa shape index (κ2) is 5.57. The minimum atomic E-state index is -3.33. The molecule has 0 fully saturated rings. The number of anilines is 1. The predicted octanol–water partition coefficient (Wildman–Crippen LogP) is 1.23. The first kappa shape index (κ1) is 15.9. The average molecular weight is 344 g/mol. The summed E-state index contributed by atoms with van der Waals surface area (Å²) in [7, 11) is -3.33. The molecule has 0 aromatic heterocycles. The maximum Gasteiger partial charge on any atom is 0.259 e. The zero-order valence-corrected chi connectivity index (χ0v) is 13.3. The third kappa shape index (κ3) is 2.91. The molecule has 0 saturated heterocycles. The van der Waals surface area contributed by atoms with Gasteiger partial charge in [0, 0.05) is 17.5 Å². The lowest BCUT2D eigenvalue weighted by molar-refractivity contribution is 0.0878. The van der Waals surface area contributed by atoms with E-state index in [2.05, 4.69) is 10.6 Å². The van der Waals surface area contributed by atoms with Gasteiger partial charge in [-0.1, -0.05) is 0 Å². The van der Waals surface area contributed by atoms with Gasteiger partial charge in [0.1, 0.15) is 0 Å². The zero-order valence-electron chi connectivity index (χ0n) is 12.5. The maximum absolute atomic E-state index is 12.2. The molecule has 3 amide bonds. The second-order valence-corrected chi connectivity index (χ2v) is 7.31. The van der Waals surface area contributed by atoms with Crippen molar-refractivity contribution in [2.75, 3.05) is 11.6 Å². The fourth-order valence-corrected chi connectivity index (χ4v) is 2.93. The second-order valence-electron chi connectivity index (χ2n) is 5.29. The molecular weight excluding hydrogens is 332 g/mol. The van der Waals surface area contributed by atoms with Gasteiger partial charge in [0.05, 0.1) is 16.0 Å². The third-order valence-electron chi connectivity index (χ3n) is 3.54. The van der Waals surface area contributed by atoms with Crippen molar-refractivity contribution >= 4 is 33.2 Å². The molecule has 1 aliphatic rings. The van der Waals surface area contributed by atoms with Gasteiger partial charge in [0.2, 0.25) is 0 Å². The van der Waals surface area contributed by atoms with Crippen LogP contribution >= 0.6 is 0 Å². The largest absolute Gasteiger partial charge is 0.322 e. The van der Waals surface area contributed by atoms with Crippen molar-refractivity contribution in [2.24, 2.45) is 0 Å². The van der Waals surface area contributed by atoms with Crippen LogP contribution in [0.2, 0.25) is 0 Å². The molecule has 122 valence electrons. The van der Waals surface area contributed by atoms with Crippen molar-refractivity contribution in [3.8, 4) is 0 Å². The Hall–Kier alpha value is -3.00. The Kier molecular flexibility index (Phi) is 3.69. The Bertz CT molecular complexity index is 978. The van der Waals surface area contributed by atoms with Gasteiger partial charge in [-0.2, -0.15) is 0 Å². The van der Waals surface area contributed by atoms with Crippen LogP contribution in [0, 0.1) is 0 Å². The number of carbonyl (C=O) groups excluding carboxylic acids is 3. The number of sulfone groups is 1. The van der Waals surface area contributed by atoms with E-state index in [1.807, 2.05) is 0 Å². The smallest absolute Gasteiger partial charge is 0.259 e. The summed E-state index contributed by atoms with van der Waals surface area (Å²) < 4.78 is 22.8. The summed E-state index contributed by atoms with van der Waals surface area (Å²) in [6.45, 7) is 0. The molecule has 1 heterocycles. The van der Waals surface area contributed by atoms with Gasteiger partial charge in [-0.05, 0) is 42.5 Å². The van der Waals surface area contributed by atoms with E-state index in [4.69, 9.17) is 0 Å². The van der Waals surface area contributed by atoms with E-state index in [1.54, 1.807) is 0 Å². The monoisotopic (exact) mass is 344 g/mol. The Balaban J connectivity index is 1.82. The number of hydrogen-bond donors (Lipinski definition) is 2. The van der Waals surface area contributed by atoms with Crippen molar-refractivity contribution in [1.29, 1.82) is 0 Å². The van der Waals surface area contributed by atoms with Crippen molar-refractivity contribution in [1.82, 2.24) is 5.32 Å². The molecule has 0 unspecified atom stereocenters. The van der Waals surface area contributed by atoms with Crippen LogP contribution < -0.4 is 10.6 Å². The van der Waals surface area contributed by atoms with Gasteiger partial charge in [-0.25, -0.2) is 8.42 Å². The van der Waals surface area contributed by atoms with Gasteiger partial charge < -0.3 is 5.32 Å². The highest BCUT2D eigenvalue weighted by Crippen LogP contribution is 2.21. The van der Waals surface area contributed by atoms with Gasteiger partial charge >= 0.3 is 0 Å². The standard InChI is InChI=1S/C16H12N2O5S/c1-24(22,23)11-5-2-9(3-6-11)14(19)17-10-4-7-12-13(8-10)16(21)18-15(12)20/h2-8H,1H3,(H,17,19)(H,18,20,21). The minimum Gasteiger partial charge on any atom is -0.322 e. The van der Waals surface area contributed by atoms with E-state index < -0.39 is 27.6 Å². The lowest BCUT2D eigenvalue weighted by Crippen LogP contribution is -2.19. The molecule has 8 heteroatoms. The Labute approximate surface area is 137 Å². The predicted molar refractivity (Wildman–Crippen MR) is 85.7 cm³/mol. The average Bonchev–Trinajstić information content (AvgIpc) is 2.81. The molecule has 2 aromatic rings. The molecule has 3 rings (SSSR count). The lowest BCUT2D eigenvalue weighted by Gasteiger charge is -2.07. The fourth-order valence-electron chi connectivity index (χ4n) is 2.30. The zero-order chi connectivity index (χ0) is 17.5. The van der Waals surface area contributed by atoms with Crippen molar-refractivity contribution < 1.29 is 22.8 Å². The molecule has 0 atom stereocenters. The normalized spacial score (nSPS) is 13.4. The lowest BCUT2D eigenvalue weighted by atomic mass is 10.1. The molecule has 2 N–H and O–H groups in total. The molecule has 24 heavy (non-hydrogen) atoms. The van der Waals surface area contributed by atoms with E-state index in [9.17, 15) is 22.8 Å². The van der Waals surface area contributed by atoms with Crippen LogP contribution in [0.4, 0.5) is 5.69 Å². The highest BCUT2D eigenvalue weighted by atomic mass is 32.2. The van der Waals surface area contributed by atoms with Gasteiger partial charge in [-0.15, -0.1) is 0 Å². The molecule has 0 radical (unpaired) electrons. The quantitative estimate of drug-likeness (QED) is 0.814. The van der Waals surface area contributed by atoms with E-state index in [-0.39, 0.29) is 21.6 Å². The summed E-state index contributed by atoms with van der Waals surface area (Å²) in [6.07, 6.45) is 1.08. The van der Waals surface area contributed by atoms with Crippen LogP contribution in [0.25, 0.3) is 0 Å². The fraction of sp³-hybridized carbons (Fsp3) is 0.0625. The summed E-state index contributed by atoms with van der Waals surface area (Å²) in [5, 5.41) is 4.77. The van der Waals surface area contributed by atoms with Crippen LogP contribution in [0.15, 0.2) is 47.4 Å². The van der Waals surface area contributed by atoms with Gasteiger partial charge in [-0.3, -0.25) is 19.7 Å². The van der Waals surface area contributed by atoms with E-state index in [0.717, 1.165) is 6.26 Å². The number of rotatable bonds is 3. The highest BCUT2D eigenvalue weighted by molar-refractivity contribution is 7.90. The molecule has 0 bridgehead atoms. The maximum atomic E-state index is 12.2.